The van der Waals surface area contributed by atoms with Gasteiger partial charge in [-0.05, 0) is 65.6 Å². The van der Waals surface area contributed by atoms with Crippen molar-refractivity contribution in [1.82, 2.24) is 5.32 Å². The number of rotatable bonds is 5. The van der Waals surface area contributed by atoms with Gasteiger partial charge in [-0.1, -0.05) is 6.42 Å². The van der Waals surface area contributed by atoms with Crippen molar-refractivity contribution in [3.63, 3.8) is 0 Å². The molecule has 2 fully saturated rings. The number of hydrogen-bond donors (Lipinski definition) is 1. The second-order valence-corrected chi connectivity index (χ2v) is 7.94. The zero-order valence-corrected chi connectivity index (χ0v) is 11.9. The summed E-state index contributed by atoms with van der Waals surface area (Å²) in [5.41, 5.74) is 0.590. The Balaban J connectivity index is 1.60. The SMILES string of the molecule is Brc1ccc(CC2(CNC3CC3)CCC2)s1. The van der Waals surface area contributed by atoms with Crippen LogP contribution in [0.4, 0.5) is 0 Å². The van der Waals surface area contributed by atoms with Crippen LogP contribution in [0.3, 0.4) is 0 Å². The van der Waals surface area contributed by atoms with Crippen molar-refractivity contribution < 1.29 is 0 Å². The van der Waals surface area contributed by atoms with E-state index in [2.05, 4.69) is 33.4 Å². The maximum Gasteiger partial charge on any atom is 0.0701 e. The third-order valence-electron chi connectivity index (χ3n) is 3.94. The van der Waals surface area contributed by atoms with Crippen LogP contribution >= 0.6 is 27.3 Å². The fourth-order valence-electron chi connectivity index (χ4n) is 2.56. The van der Waals surface area contributed by atoms with E-state index < -0.39 is 0 Å². The second kappa shape index (κ2) is 4.43. The lowest BCUT2D eigenvalue weighted by atomic mass is 9.66. The average Bonchev–Trinajstić information content (AvgIpc) is 2.95. The summed E-state index contributed by atoms with van der Waals surface area (Å²) in [5.74, 6) is 0. The number of halogens is 1. The van der Waals surface area contributed by atoms with Crippen LogP contribution in [-0.4, -0.2) is 12.6 Å². The summed E-state index contributed by atoms with van der Waals surface area (Å²) in [6.07, 6.45) is 8.35. The Kier molecular flexibility index (Phi) is 3.11. The van der Waals surface area contributed by atoms with E-state index in [0.717, 1.165) is 6.04 Å². The summed E-state index contributed by atoms with van der Waals surface area (Å²) >= 11 is 5.46. The predicted molar refractivity (Wildman–Crippen MR) is 73.0 cm³/mol. The highest BCUT2D eigenvalue weighted by atomic mass is 79.9. The van der Waals surface area contributed by atoms with Crippen LogP contribution in [-0.2, 0) is 6.42 Å². The first kappa shape index (κ1) is 11.2. The molecule has 0 unspecified atom stereocenters. The maximum atomic E-state index is 3.72. The standard InChI is InChI=1S/C13H18BrNS/c14-12-5-4-11(16-12)8-13(6-1-7-13)9-15-10-2-3-10/h4-5,10,15H,1-3,6-9H2. The Hall–Kier alpha value is 0.140. The van der Waals surface area contributed by atoms with E-state index in [-0.39, 0.29) is 0 Å². The number of hydrogen-bond acceptors (Lipinski definition) is 2. The lowest BCUT2D eigenvalue weighted by Crippen LogP contribution is -2.42. The van der Waals surface area contributed by atoms with E-state index in [1.54, 1.807) is 4.88 Å². The molecule has 0 amide bonds. The molecule has 88 valence electrons. The fourth-order valence-corrected chi connectivity index (χ4v) is 4.21. The minimum absolute atomic E-state index is 0.590. The minimum Gasteiger partial charge on any atom is -0.313 e. The molecule has 2 saturated carbocycles. The van der Waals surface area contributed by atoms with Gasteiger partial charge in [-0.3, -0.25) is 0 Å². The van der Waals surface area contributed by atoms with Gasteiger partial charge in [0.25, 0.3) is 0 Å². The molecule has 1 aromatic heterocycles. The van der Waals surface area contributed by atoms with Gasteiger partial charge < -0.3 is 5.32 Å². The van der Waals surface area contributed by atoms with Crippen molar-refractivity contribution in [3.8, 4) is 0 Å². The van der Waals surface area contributed by atoms with Gasteiger partial charge in [-0.2, -0.15) is 0 Å². The topological polar surface area (TPSA) is 12.0 Å². The molecule has 3 heteroatoms. The summed E-state index contributed by atoms with van der Waals surface area (Å²) in [5, 5.41) is 3.72. The molecule has 0 radical (unpaired) electrons. The third kappa shape index (κ3) is 2.52. The molecule has 1 N–H and O–H groups in total. The molecule has 0 atom stereocenters. The van der Waals surface area contributed by atoms with Gasteiger partial charge in [0.05, 0.1) is 3.79 Å². The smallest absolute Gasteiger partial charge is 0.0701 e. The predicted octanol–water partition coefficient (Wildman–Crippen LogP) is 3.98. The highest BCUT2D eigenvalue weighted by molar-refractivity contribution is 9.11. The number of thiophene rings is 1. The Morgan fingerprint density at radius 1 is 1.38 bits per heavy atom. The summed E-state index contributed by atoms with van der Waals surface area (Å²) in [6, 6.07) is 5.32. The zero-order chi connectivity index (χ0) is 11.0. The highest BCUT2D eigenvalue weighted by Crippen LogP contribution is 2.45. The molecular formula is C13H18BrNS. The van der Waals surface area contributed by atoms with Crippen molar-refractivity contribution >= 4 is 27.3 Å². The molecule has 3 rings (SSSR count). The Morgan fingerprint density at radius 3 is 2.69 bits per heavy atom. The van der Waals surface area contributed by atoms with E-state index in [9.17, 15) is 0 Å². The zero-order valence-electron chi connectivity index (χ0n) is 9.47. The van der Waals surface area contributed by atoms with E-state index in [4.69, 9.17) is 0 Å². The van der Waals surface area contributed by atoms with E-state index in [0.29, 0.717) is 5.41 Å². The van der Waals surface area contributed by atoms with Gasteiger partial charge in [0.2, 0.25) is 0 Å². The first-order valence-electron chi connectivity index (χ1n) is 6.23. The number of nitrogens with one attached hydrogen (secondary N) is 1. The largest absolute Gasteiger partial charge is 0.313 e. The van der Waals surface area contributed by atoms with E-state index in [1.807, 2.05) is 11.3 Å². The summed E-state index contributed by atoms with van der Waals surface area (Å²) in [7, 11) is 0. The summed E-state index contributed by atoms with van der Waals surface area (Å²) < 4.78 is 1.27. The lowest BCUT2D eigenvalue weighted by Gasteiger charge is -2.42. The van der Waals surface area contributed by atoms with E-state index >= 15 is 0 Å². The van der Waals surface area contributed by atoms with Gasteiger partial charge in [0.1, 0.15) is 0 Å². The fraction of sp³-hybridized carbons (Fsp3) is 0.692. The monoisotopic (exact) mass is 299 g/mol. The maximum absolute atomic E-state index is 3.72. The average molecular weight is 300 g/mol. The molecule has 0 bridgehead atoms. The van der Waals surface area contributed by atoms with Crippen molar-refractivity contribution in [2.75, 3.05) is 6.54 Å². The van der Waals surface area contributed by atoms with Crippen LogP contribution in [0.25, 0.3) is 0 Å². The lowest BCUT2D eigenvalue weighted by molar-refractivity contribution is 0.130. The summed E-state index contributed by atoms with van der Waals surface area (Å²) in [4.78, 5) is 1.55. The highest BCUT2D eigenvalue weighted by Gasteiger charge is 2.38. The molecule has 0 aromatic carbocycles. The van der Waals surface area contributed by atoms with Crippen molar-refractivity contribution in [3.05, 3.63) is 20.8 Å². The molecule has 0 saturated heterocycles. The van der Waals surface area contributed by atoms with Crippen LogP contribution in [0, 0.1) is 5.41 Å². The molecule has 16 heavy (non-hydrogen) atoms. The van der Waals surface area contributed by atoms with Crippen molar-refractivity contribution in [2.45, 2.75) is 44.6 Å². The first-order valence-corrected chi connectivity index (χ1v) is 7.84. The normalized spacial score (nSPS) is 23.1. The van der Waals surface area contributed by atoms with Gasteiger partial charge >= 0.3 is 0 Å². The van der Waals surface area contributed by atoms with Gasteiger partial charge in [0, 0.05) is 17.5 Å². The summed E-state index contributed by atoms with van der Waals surface area (Å²) in [6.45, 7) is 1.24. The Labute approximate surface area is 110 Å². The molecule has 2 aliphatic rings. The van der Waals surface area contributed by atoms with E-state index in [1.165, 1.54) is 48.9 Å². The van der Waals surface area contributed by atoms with Crippen LogP contribution in [0.1, 0.15) is 37.0 Å². The Bertz CT molecular complexity index is 366. The van der Waals surface area contributed by atoms with Gasteiger partial charge in [0.15, 0.2) is 0 Å². The molecule has 1 nitrogen and oxygen atoms in total. The molecule has 0 spiro atoms. The third-order valence-corrected chi connectivity index (χ3v) is 5.56. The minimum atomic E-state index is 0.590. The molecule has 2 aliphatic carbocycles. The van der Waals surface area contributed by atoms with Crippen LogP contribution < -0.4 is 5.32 Å². The Morgan fingerprint density at radius 2 is 2.19 bits per heavy atom. The van der Waals surface area contributed by atoms with Crippen LogP contribution in [0.5, 0.6) is 0 Å². The van der Waals surface area contributed by atoms with Crippen LogP contribution in [0.15, 0.2) is 15.9 Å². The first-order chi connectivity index (χ1) is 7.76. The van der Waals surface area contributed by atoms with Gasteiger partial charge in [-0.15, -0.1) is 11.3 Å². The molecular weight excluding hydrogens is 282 g/mol. The molecule has 1 aromatic rings. The second-order valence-electron chi connectivity index (χ2n) is 5.39. The molecule has 0 aliphatic heterocycles. The quantitative estimate of drug-likeness (QED) is 0.867. The molecule has 1 heterocycles. The van der Waals surface area contributed by atoms with Crippen LogP contribution in [0.2, 0.25) is 0 Å². The van der Waals surface area contributed by atoms with Crippen molar-refractivity contribution in [1.29, 1.82) is 0 Å². The van der Waals surface area contributed by atoms with Gasteiger partial charge in [-0.25, -0.2) is 0 Å². The van der Waals surface area contributed by atoms with Crippen molar-refractivity contribution in [2.24, 2.45) is 5.41 Å².